The summed E-state index contributed by atoms with van der Waals surface area (Å²) in [6, 6.07) is 0. The first-order valence-corrected chi connectivity index (χ1v) is 3.62. The molecule has 0 radical (unpaired) electrons. The Bertz CT molecular complexity index is 165. The highest BCUT2D eigenvalue weighted by molar-refractivity contribution is 5.85. The van der Waals surface area contributed by atoms with Gasteiger partial charge in [0.2, 0.25) is 0 Å². The third kappa shape index (κ3) is 3.20. The standard InChI is InChI=1S/C9H14O2/c1-5-6-8(10)9(11-4)7(2)3/h1,7,9H,6H2,2-4H3. The first-order valence-electron chi connectivity index (χ1n) is 3.62. The van der Waals surface area contributed by atoms with Gasteiger partial charge in [-0.05, 0) is 5.92 Å². The molecule has 0 saturated carbocycles. The molecule has 0 aliphatic heterocycles. The number of carbonyl (C=O) groups is 1. The average molecular weight is 154 g/mol. The van der Waals surface area contributed by atoms with Crippen molar-refractivity contribution < 1.29 is 9.53 Å². The lowest BCUT2D eigenvalue weighted by molar-refractivity contribution is -0.130. The molecule has 0 saturated heterocycles. The summed E-state index contributed by atoms with van der Waals surface area (Å²) in [4.78, 5) is 11.1. The lowest BCUT2D eigenvalue weighted by atomic mass is 10.0. The fourth-order valence-corrected chi connectivity index (χ4v) is 0.977. The van der Waals surface area contributed by atoms with Crippen LogP contribution >= 0.6 is 0 Å². The smallest absolute Gasteiger partial charge is 0.173 e. The summed E-state index contributed by atoms with van der Waals surface area (Å²) in [5.41, 5.74) is 0. The summed E-state index contributed by atoms with van der Waals surface area (Å²) < 4.78 is 4.98. The highest BCUT2D eigenvalue weighted by Crippen LogP contribution is 2.07. The molecule has 62 valence electrons. The molecule has 2 nitrogen and oxygen atoms in total. The Morgan fingerprint density at radius 2 is 2.18 bits per heavy atom. The van der Waals surface area contributed by atoms with Crippen molar-refractivity contribution in [3.8, 4) is 12.3 Å². The van der Waals surface area contributed by atoms with E-state index >= 15 is 0 Å². The molecule has 0 aliphatic carbocycles. The van der Waals surface area contributed by atoms with E-state index in [4.69, 9.17) is 11.2 Å². The Balaban J connectivity index is 4.05. The first kappa shape index (κ1) is 10.2. The molecule has 2 heteroatoms. The van der Waals surface area contributed by atoms with Gasteiger partial charge in [0, 0.05) is 7.11 Å². The molecule has 11 heavy (non-hydrogen) atoms. The Morgan fingerprint density at radius 3 is 2.45 bits per heavy atom. The van der Waals surface area contributed by atoms with E-state index in [1.165, 1.54) is 7.11 Å². The summed E-state index contributed by atoms with van der Waals surface area (Å²) in [6.45, 7) is 3.87. The monoisotopic (exact) mass is 154 g/mol. The second kappa shape index (κ2) is 4.92. The second-order valence-corrected chi connectivity index (χ2v) is 2.75. The van der Waals surface area contributed by atoms with Crippen molar-refractivity contribution in [2.75, 3.05) is 7.11 Å². The molecule has 0 rings (SSSR count). The third-order valence-electron chi connectivity index (χ3n) is 1.45. The van der Waals surface area contributed by atoms with Crippen LogP contribution in [0.4, 0.5) is 0 Å². The predicted molar refractivity (Wildman–Crippen MR) is 44.1 cm³/mol. The predicted octanol–water partition coefficient (Wildman–Crippen LogP) is 1.25. The fraction of sp³-hybridized carbons (Fsp3) is 0.667. The SMILES string of the molecule is C#CCC(=O)C(OC)C(C)C. The fourth-order valence-electron chi connectivity index (χ4n) is 0.977. The number of methoxy groups -OCH3 is 1. The maximum atomic E-state index is 11.1. The van der Waals surface area contributed by atoms with Crippen LogP contribution in [0.25, 0.3) is 0 Å². The number of rotatable bonds is 4. The number of hydrogen-bond donors (Lipinski definition) is 0. The zero-order valence-electron chi connectivity index (χ0n) is 7.26. The Morgan fingerprint density at radius 1 is 1.64 bits per heavy atom. The molecule has 0 aromatic heterocycles. The molecule has 0 aromatic rings. The lowest BCUT2D eigenvalue weighted by Gasteiger charge is -2.15. The summed E-state index contributed by atoms with van der Waals surface area (Å²) in [5, 5.41) is 0. The van der Waals surface area contributed by atoms with Gasteiger partial charge in [0.25, 0.3) is 0 Å². The molecule has 0 aromatic carbocycles. The molecule has 1 atom stereocenters. The second-order valence-electron chi connectivity index (χ2n) is 2.75. The van der Waals surface area contributed by atoms with Crippen LogP contribution in [0.1, 0.15) is 20.3 Å². The molecule has 0 spiro atoms. The zero-order valence-corrected chi connectivity index (χ0v) is 7.26. The highest BCUT2D eigenvalue weighted by atomic mass is 16.5. The van der Waals surface area contributed by atoms with Gasteiger partial charge in [-0.3, -0.25) is 4.79 Å². The Labute approximate surface area is 67.9 Å². The van der Waals surface area contributed by atoms with Crippen molar-refractivity contribution in [3.05, 3.63) is 0 Å². The van der Waals surface area contributed by atoms with Gasteiger partial charge in [-0.2, -0.15) is 0 Å². The molecule has 1 unspecified atom stereocenters. The van der Waals surface area contributed by atoms with Crippen molar-refractivity contribution >= 4 is 5.78 Å². The van der Waals surface area contributed by atoms with Gasteiger partial charge in [0.05, 0.1) is 6.42 Å². The van der Waals surface area contributed by atoms with Crippen LogP contribution in [0.15, 0.2) is 0 Å². The quantitative estimate of drug-likeness (QED) is 0.570. The third-order valence-corrected chi connectivity index (χ3v) is 1.45. The number of carbonyl (C=O) groups excluding carboxylic acids is 1. The number of ether oxygens (including phenoxy) is 1. The average Bonchev–Trinajstić information content (AvgIpc) is 1.88. The molecular weight excluding hydrogens is 140 g/mol. The number of Topliss-reactive ketones (excluding diaryl/α,β-unsaturated/α-hetero) is 1. The van der Waals surface area contributed by atoms with Gasteiger partial charge in [0.15, 0.2) is 5.78 Å². The summed E-state index contributed by atoms with van der Waals surface area (Å²) >= 11 is 0. The van der Waals surface area contributed by atoms with E-state index in [0.717, 1.165) is 0 Å². The lowest BCUT2D eigenvalue weighted by Crippen LogP contribution is -2.27. The van der Waals surface area contributed by atoms with E-state index in [0.29, 0.717) is 0 Å². The number of hydrogen-bond acceptors (Lipinski definition) is 2. The minimum absolute atomic E-state index is 0.00926. The van der Waals surface area contributed by atoms with Gasteiger partial charge < -0.3 is 4.74 Å². The van der Waals surface area contributed by atoms with Crippen LogP contribution in [0.3, 0.4) is 0 Å². The maximum Gasteiger partial charge on any atom is 0.173 e. The molecule has 0 heterocycles. The van der Waals surface area contributed by atoms with E-state index in [1.807, 2.05) is 13.8 Å². The van der Waals surface area contributed by atoms with Crippen LogP contribution in [-0.4, -0.2) is 19.0 Å². The van der Waals surface area contributed by atoms with Crippen molar-refractivity contribution in [1.82, 2.24) is 0 Å². The minimum Gasteiger partial charge on any atom is -0.373 e. The van der Waals surface area contributed by atoms with Crippen LogP contribution in [0.2, 0.25) is 0 Å². The summed E-state index contributed by atoms with van der Waals surface area (Å²) in [6.07, 6.45) is 4.82. The van der Waals surface area contributed by atoms with Gasteiger partial charge in [-0.15, -0.1) is 6.42 Å². The first-order chi connectivity index (χ1) is 5.13. The molecule has 0 amide bonds. The Kier molecular flexibility index (Phi) is 4.56. The van der Waals surface area contributed by atoms with Crippen LogP contribution in [0, 0.1) is 18.3 Å². The van der Waals surface area contributed by atoms with E-state index < -0.39 is 0 Å². The van der Waals surface area contributed by atoms with E-state index in [-0.39, 0.29) is 24.2 Å². The largest absolute Gasteiger partial charge is 0.373 e. The Hall–Kier alpha value is -0.810. The van der Waals surface area contributed by atoms with Crippen LogP contribution in [0.5, 0.6) is 0 Å². The van der Waals surface area contributed by atoms with E-state index in [2.05, 4.69) is 5.92 Å². The zero-order chi connectivity index (χ0) is 8.85. The maximum absolute atomic E-state index is 11.1. The van der Waals surface area contributed by atoms with Crippen molar-refractivity contribution in [3.63, 3.8) is 0 Å². The van der Waals surface area contributed by atoms with Crippen LogP contribution < -0.4 is 0 Å². The van der Waals surface area contributed by atoms with Crippen LogP contribution in [-0.2, 0) is 9.53 Å². The van der Waals surface area contributed by atoms with Gasteiger partial charge in [0.1, 0.15) is 6.10 Å². The normalized spacial score (nSPS) is 12.6. The highest BCUT2D eigenvalue weighted by Gasteiger charge is 2.19. The van der Waals surface area contributed by atoms with Crippen molar-refractivity contribution in [1.29, 1.82) is 0 Å². The molecular formula is C9H14O2. The van der Waals surface area contributed by atoms with E-state index in [1.54, 1.807) is 0 Å². The molecule has 0 aliphatic rings. The minimum atomic E-state index is -0.342. The van der Waals surface area contributed by atoms with E-state index in [9.17, 15) is 4.79 Å². The molecule has 0 bridgehead atoms. The molecule has 0 N–H and O–H groups in total. The summed E-state index contributed by atoms with van der Waals surface area (Å²) in [7, 11) is 1.53. The van der Waals surface area contributed by atoms with Gasteiger partial charge >= 0.3 is 0 Å². The number of terminal acetylenes is 1. The summed E-state index contributed by atoms with van der Waals surface area (Å²) in [5.74, 6) is 2.49. The van der Waals surface area contributed by atoms with Crippen molar-refractivity contribution in [2.45, 2.75) is 26.4 Å². The van der Waals surface area contributed by atoms with Gasteiger partial charge in [-0.1, -0.05) is 19.8 Å². The number of ketones is 1. The van der Waals surface area contributed by atoms with Gasteiger partial charge in [-0.25, -0.2) is 0 Å². The van der Waals surface area contributed by atoms with Crippen molar-refractivity contribution in [2.24, 2.45) is 5.92 Å². The molecule has 0 fully saturated rings. The topological polar surface area (TPSA) is 26.3 Å².